The molecule has 0 aliphatic heterocycles. The van der Waals surface area contributed by atoms with Crippen molar-refractivity contribution in [1.29, 1.82) is 0 Å². The van der Waals surface area contributed by atoms with E-state index in [0.717, 1.165) is 28.9 Å². The molecule has 1 aromatic carbocycles. The molecule has 0 amide bonds. The van der Waals surface area contributed by atoms with Crippen LogP contribution >= 0.6 is 0 Å². The number of anilines is 1. The fourth-order valence-electron chi connectivity index (χ4n) is 2.41. The molecule has 0 aromatic heterocycles. The third-order valence-corrected chi connectivity index (χ3v) is 3.84. The first-order valence-electron chi connectivity index (χ1n) is 6.35. The summed E-state index contributed by atoms with van der Waals surface area (Å²) in [5.74, 6) is 0. The van der Waals surface area contributed by atoms with Gasteiger partial charge in [0.05, 0.1) is 0 Å². The Labute approximate surface area is 109 Å². The lowest BCUT2D eigenvalue weighted by molar-refractivity contribution is 0.450. The largest absolute Gasteiger partial charge is 0.402 e. The second-order valence-corrected chi connectivity index (χ2v) is 5.90. The van der Waals surface area contributed by atoms with E-state index in [9.17, 15) is 0 Å². The van der Waals surface area contributed by atoms with Crippen molar-refractivity contribution < 1.29 is 0 Å². The molecule has 4 N–H and O–H groups in total. The summed E-state index contributed by atoms with van der Waals surface area (Å²) in [5, 5.41) is 0. The molecule has 2 heteroatoms. The van der Waals surface area contributed by atoms with Crippen LogP contribution in [0.1, 0.15) is 37.0 Å². The highest BCUT2D eigenvalue weighted by Crippen LogP contribution is 2.39. The minimum atomic E-state index is 0.0350. The minimum absolute atomic E-state index is 0.0350. The van der Waals surface area contributed by atoms with Crippen LogP contribution in [0.4, 0.5) is 5.69 Å². The minimum Gasteiger partial charge on any atom is -0.402 e. The van der Waals surface area contributed by atoms with Gasteiger partial charge in [-0.25, -0.2) is 0 Å². The smallest absolute Gasteiger partial charge is 0.0373 e. The van der Waals surface area contributed by atoms with Crippen molar-refractivity contribution in [2.45, 2.75) is 34.1 Å². The van der Waals surface area contributed by atoms with E-state index in [2.05, 4.69) is 45.9 Å². The first-order valence-corrected chi connectivity index (χ1v) is 6.35. The summed E-state index contributed by atoms with van der Waals surface area (Å²) in [6.45, 7) is 8.49. The van der Waals surface area contributed by atoms with E-state index >= 15 is 0 Å². The lowest BCUT2D eigenvalue weighted by Crippen LogP contribution is -2.23. The standard InChI is InChI=1S/C16H22N2/c1-10-7-13(8-11(2)15(10)18)12-5-6-14(17)16(3,4)9-12/h5-8H,9,17-18H2,1-4H3. The zero-order valence-electron chi connectivity index (χ0n) is 11.7. The van der Waals surface area contributed by atoms with Crippen LogP contribution < -0.4 is 11.5 Å². The van der Waals surface area contributed by atoms with Crippen molar-refractivity contribution in [3.8, 4) is 0 Å². The molecular formula is C16H22N2. The van der Waals surface area contributed by atoms with E-state index < -0.39 is 0 Å². The van der Waals surface area contributed by atoms with E-state index in [0.29, 0.717) is 0 Å². The van der Waals surface area contributed by atoms with Crippen LogP contribution in [0, 0.1) is 19.3 Å². The molecule has 96 valence electrons. The van der Waals surface area contributed by atoms with Gasteiger partial charge in [-0.2, -0.15) is 0 Å². The number of aryl methyl sites for hydroxylation is 2. The SMILES string of the molecule is Cc1cc(C2=CC=C(N)C(C)(C)C2)cc(C)c1N. The van der Waals surface area contributed by atoms with Crippen molar-refractivity contribution >= 4 is 11.3 Å². The summed E-state index contributed by atoms with van der Waals surface area (Å²) >= 11 is 0. The van der Waals surface area contributed by atoms with Gasteiger partial charge < -0.3 is 11.5 Å². The molecule has 0 saturated carbocycles. The molecule has 0 unspecified atom stereocenters. The van der Waals surface area contributed by atoms with Crippen LogP contribution in [-0.4, -0.2) is 0 Å². The summed E-state index contributed by atoms with van der Waals surface area (Å²) in [4.78, 5) is 0. The van der Waals surface area contributed by atoms with Crippen molar-refractivity contribution in [2.75, 3.05) is 5.73 Å². The number of nitrogens with two attached hydrogens (primary N) is 2. The Hall–Kier alpha value is -1.70. The summed E-state index contributed by atoms with van der Waals surface area (Å²) in [6, 6.07) is 4.33. The van der Waals surface area contributed by atoms with Crippen molar-refractivity contribution in [2.24, 2.45) is 11.1 Å². The summed E-state index contributed by atoms with van der Waals surface area (Å²) < 4.78 is 0. The highest BCUT2D eigenvalue weighted by molar-refractivity contribution is 5.73. The van der Waals surface area contributed by atoms with Gasteiger partial charge in [0.15, 0.2) is 0 Å². The van der Waals surface area contributed by atoms with Crippen molar-refractivity contribution in [1.82, 2.24) is 0 Å². The predicted octanol–water partition coefficient (Wildman–Crippen LogP) is 3.54. The predicted molar refractivity (Wildman–Crippen MR) is 79.0 cm³/mol. The normalized spacial score (nSPS) is 18.2. The number of allylic oxidation sites excluding steroid dienone is 4. The molecule has 0 radical (unpaired) electrons. The van der Waals surface area contributed by atoms with E-state index in [-0.39, 0.29) is 5.41 Å². The number of rotatable bonds is 1. The first kappa shape index (κ1) is 12.7. The molecular weight excluding hydrogens is 220 g/mol. The maximum atomic E-state index is 6.03. The Morgan fingerprint density at radius 2 is 1.56 bits per heavy atom. The van der Waals surface area contributed by atoms with Crippen LogP contribution in [0.5, 0.6) is 0 Å². The van der Waals surface area contributed by atoms with E-state index in [1.54, 1.807) is 0 Å². The molecule has 0 atom stereocenters. The molecule has 0 spiro atoms. The number of hydrogen-bond acceptors (Lipinski definition) is 2. The quantitative estimate of drug-likeness (QED) is 0.740. The van der Waals surface area contributed by atoms with Crippen LogP contribution in [0.3, 0.4) is 0 Å². The third kappa shape index (κ3) is 2.15. The van der Waals surface area contributed by atoms with E-state index in [1.165, 1.54) is 11.1 Å². The average molecular weight is 242 g/mol. The molecule has 1 aliphatic rings. The Kier molecular flexibility index (Phi) is 2.97. The van der Waals surface area contributed by atoms with Gasteiger partial charge in [-0.15, -0.1) is 0 Å². The maximum absolute atomic E-state index is 6.03. The Morgan fingerprint density at radius 3 is 2.06 bits per heavy atom. The highest BCUT2D eigenvalue weighted by Gasteiger charge is 2.26. The number of benzene rings is 1. The van der Waals surface area contributed by atoms with Gasteiger partial charge in [0.1, 0.15) is 0 Å². The Morgan fingerprint density at radius 1 is 1.00 bits per heavy atom. The number of hydrogen-bond donors (Lipinski definition) is 2. The molecule has 0 fully saturated rings. The lowest BCUT2D eigenvalue weighted by Gasteiger charge is -2.30. The summed E-state index contributed by atoms with van der Waals surface area (Å²) in [7, 11) is 0. The molecule has 18 heavy (non-hydrogen) atoms. The van der Waals surface area contributed by atoms with Crippen LogP contribution in [-0.2, 0) is 0 Å². The summed E-state index contributed by atoms with van der Waals surface area (Å²) in [5.41, 5.74) is 18.8. The molecule has 2 nitrogen and oxygen atoms in total. The Bertz CT molecular complexity index is 525. The van der Waals surface area contributed by atoms with Gasteiger partial charge in [0.25, 0.3) is 0 Å². The average Bonchev–Trinajstić information content (AvgIpc) is 2.29. The fourth-order valence-corrected chi connectivity index (χ4v) is 2.41. The van der Waals surface area contributed by atoms with Crippen LogP contribution in [0.25, 0.3) is 5.57 Å². The van der Waals surface area contributed by atoms with Crippen LogP contribution in [0.15, 0.2) is 30.0 Å². The van der Waals surface area contributed by atoms with Gasteiger partial charge in [-0.3, -0.25) is 0 Å². The van der Waals surface area contributed by atoms with E-state index in [1.807, 2.05) is 6.08 Å². The van der Waals surface area contributed by atoms with E-state index in [4.69, 9.17) is 11.5 Å². The maximum Gasteiger partial charge on any atom is 0.0373 e. The molecule has 1 aliphatic carbocycles. The topological polar surface area (TPSA) is 52.0 Å². The van der Waals surface area contributed by atoms with Gasteiger partial charge in [0, 0.05) is 16.8 Å². The molecule has 2 rings (SSSR count). The number of nitrogen functional groups attached to an aromatic ring is 1. The second kappa shape index (κ2) is 4.20. The van der Waals surface area contributed by atoms with Gasteiger partial charge >= 0.3 is 0 Å². The molecule has 0 bridgehead atoms. The van der Waals surface area contributed by atoms with Gasteiger partial charge in [0.2, 0.25) is 0 Å². The Balaban J connectivity index is 2.46. The highest BCUT2D eigenvalue weighted by atomic mass is 14.6. The zero-order valence-corrected chi connectivity index (χ0v) is 11.7. The van der Waals surface area contributed by atoms with Crippen molar-refractivity contribution in [3.05, 3.63) is 46.7 Å². The molecule has 0 heterocycles. The molecule has 0 saturated heterocycles. The van der Waals surface area contributed by atoms with Gasteiger partial charge in [-0.1, -0.05) is 19.9 Å². The molecule has 1 aromatic rings. The first-order chi connectivity index (χ1) is 8.31. The monoisotopic (exact) mass is 242 g/mol. The van der Waals surface area contributed by atoms with Crippen LogP contribution in [0.2, 0.25) is 0 Å². The summed E-state index contributed by atoms with van der Waals surface area (Å²) in [6.07, 6.45) is 5.13. The lowest BCUT2D eigenvalue weighted by atomic mass is 9.77. The fraction of sp³-hybridized carbons (Fsp3) is 0.375. The second-order valence-electron chi connectivity index (χ2n) is 5.90. The van der Waals surface area contributed by atoms with Crippen molar-refractivity contribution in [3.63, 3.8) is 0 Å². The zero-order chi connectivity index (χ0) is 13.5. The van der Waals surface area contributed by atoms with Gasteiger partial charge in [-0.05, 0) is 60.7 Å². The third-order valence-electron chi connectivity index (χ3n) is 3.84.